The molecule has 0 radical (unpaired) electrons. The number of hydrogen-bond acceptors (Lipinski definition) is 5. The van der Waals surface area contributed by atoms with Crippen LogP contribution < -0.4 is 19.5 Å². The molecule has 32 heavy (non-hydrogen) atoms. The minimum atomic E-state index is -4.03. The molecular formula is C23H23IN2O5S. The van der Waals surface area contributed by atoms with Gasteiger partial charge in [-0.1, -0.05) is 30.3 Å². The van der Waals surface area contributed by atoms with Crippen LogP contribution in [0.3, 0.4) is 0 Å². The number of nitrogens with one attached hydrogen (secondary N) is 2. The van der Waals surface area contributed by atoms with E-state index in [1.807, 2.05) is 42.5 Å². The first-order chi connectivity index (χ1) is 15.3. The molecule has 168 valence electrons. The Bertz CT molecular complexity index is 1170. The highest BCUT2D eigenvalue weighted by molar-refractivity contribution is 14.1. The topological polar surface area (TPSA) is 93.7 Å². The molecule has 0 aromatic heterocycles. The van der Waals surface area contributed by atoms with Gasteiger partial charge in [0, 0.05) is 15.3 Å². The minimum absolute atomic E-state index is 0.0322. The summed E-state index contributed by atoms with van der Waals surface area (Å²) >= 11 is 2.17. The molecule has 0 fully saturated rings. The summed E-state index contributed by atoms with van der Waals surface area (Å²) in [6.45, 7) is 0. The summed E-state index contributed by atoms with van der Waals surface area (Å²) < 4.78 is 40.2. The van der Waals surface area contributed by atoms with E-state index in [1.54, 1.807) is 12.1 Å². The molecule has 0 saturated heterocycles. The third-order valence-corrected chi connectivity index (χ3v) is 6.86. The van der Waals surface area contributed by atoms with Crippen molar-refractivity contribution in [1.82, 2.24) is 4.72 Å². The Morgan fingerprint density at radius 2 is 1.59 bits per heavy atom. The number of sulfonamides is 1. The van der Waals surface area contributed by atoms with Gasteiger partial charge in [-0.15, -0.1) is 0 Å². The summed E-state index contributed by atoms with van der Waals surface area (Å²) in [6, 6.07) is 19.7. The van der Waals surface area contributed by atoms with Gasteiger partial charge in [-0.05, 0) is 71.0 Å². The average molecular weight is 566 g/mol. The second kappa shape index (κ2) is 10.8. The number of methoxy groups -OCH3 is 2. The maximum Gasteiger partial charge on any atom is 0.242 e. The van der Waals surface area contributed by atoms with Crippen molar-refractivity contribution in [3.05, 3.63) is 81.9 Å². The van der Waals surface area contributed by atoms with Crippen molar-refractivity contribution in [2.24, 2.45) is 0 Å². The summed E-state index contributed by atoms with van der Waals surface area (Å²) in [4.78, 5) is 13.0. The van der Waals surface area contributed by atoms with Crippen LogP contribution in [-0.4, -0.2) is 34.6 Å². The summed E-state index contributed by atoms with van der Waals surface area (Å²) in [5.74, 6) is 0.223. The minimum Gasteiger partial charge on any atom is -0.493 e. The molecule has 3 rings (SSSR count). The van der Waals surface area contributed by atoms with Crippen LogP contribution in [0.4, 0.5) is 5.69 Å². The number of carbonyl (C=O) groups is 1. The normalized spacial score (nSPS) is 12.1. The molecule has 1 amide bonds. The Balaban J connectivity index is 1.88. The lowest BCUT2D eigenvalue weighted by Crippen LogP contribution is -2.45. The SMILES string of the molecule is COc1ccc(S(=O)(=O)NC(Cc2ccccc2)C(=O)Nc2ccc(I)cc2)cc1OC. The Labute approximate surface area is 201 Å². The molecule has 1 atom stereocenters. The maximum atomic E-state index is 13.1. The Morgan fingerprint density at radius 3 is 2.22 bits per heavy atom. The van der Waals surface area contributed by atoms with E-state index in [1.165, 1.54) is 32.4 Å². The molecule has 2 N–H and O–H groups in total. The molecule has 9 heteroatoms. The quantitative estimate of drug-likeness (QED) is 0.384. The fraction of sp³-hybridized carbons (Fsp3) is 0.174. The van der Waals surface area contributed by atoms with Gasteiger partial charge in [-0.25, -0.2) is 8.42 Å². The van der Waals surface area contributed by atoms with Crippen LogP contribution in [0.5, 0.6) is 11.5 Å². The monoisotopic (exact) mass is 566 g/mol. The molecule has 7 nitrogen and oxygen atoms in total. The zero-order valence-corrected chi connectivity index (χ0v) is 20.5. The van der Waals surface area contributed by atoms with Gasteiger partial charge in [0.2, 0.25) is 15.9 Å². The fourth-order valence-electron chi connectivity index (χ4n) is 3.04. The van der Waals surface area contributed by atoms with Crippen LogP contribution in [0.2, 0.25) is 0 Å². The van der Waals surface area contributed by atoms with E-state index in [4.69, 9.17) is 9.47 Å². The second-order valence-corrected chi connectivity index (χ2v) is 9.84. The summed E-state index contributed by atoms with van der Waals surface area (Å²) in [5, 5.41) is 2.79. The van der Waals surface area contributed by atoms with Crippen molar-refractivity contribution in [1.29, 1.82) is 0 Å². The zero-order chi connectivity index (χ0) is 23.1. The predicted octanol–water partition coefficient (Wildman–Crippen LogP) is 3.84. The van der Waals surface area contributed by atoms with Crippen molar-refractivity contribution in [2.45, 2.75) is 17.4 Å². The first-order valence-corrected chi connectivity index (χ1v) is 12.2. The lowest BCUT2D eigenvalue weighted by Gasteiger charge is -2.19. The smallest absolute Gasteiger partial charge is 0.242 e. The predicted molar refractivity (Wildman–Crippen MR) is 132 cm³/mol. The van der Waals surface area contributed by atoms with Crippen molar-refractivity contribution in [3.63, 3.8) is 0 Å². The van der Waals surface area contributed by atoms with Gasteiger partial charge in [-0.2, -0.15) is 4.72 Å². The van der Waals surface area contributed by atoms with Crippen molar-refractivity contribution < 1.29 is 22.7 Å². The van der Waals surface area contributed by atoms with Crippen LogP contribution in [0.15, 0.2) is 77.7 Å². The highest BCUT2D eigenvalue weighted by Crippen LogP contribution is 2.29. The van der Waals surface area contributed by atoms with Crippen LogP contribution in [0.1, 0.15) is 5.56 Å². The number of hydrogen-bond donors (Lipinski definition) is 2. The van der Waals surface area contributed by atoms with Gasteiger partial charge in [0.1, 0.15) is 6.04 Å². The Morgan fingerprint density at radius 1 is 0.938 bits per heavy atom. The van der Waals surface area contributed by atoms with E-state index < -0.39 is 22.0 Å². The van der Waals surface area contributed by atoms with E-state index >= 15 is 0 Å². The average Bonchev–Trinajstić information content (AvgIpc) is 2.80. The van der Waals surface area contributed by atoms with Crippen LogP contribution in [0, 0.1) is 3.57 Å². The molecule has 0 aliphatic carbocycles. The number of amides is 1. The Hall–Kier alpha value is -2.63. The van der Waals surface area contributed by atoms with E-state index in [-0.39, 0.29) is 17.1 Å². The van der Waals surface area contributed by atoms with Crippen molar-refractivity contribution >= 4 is 44.2 Å². The lowest BCUT2D eigenvalue weighted by atomic mass is 10.1. The van der Waals surface area contributed by atoms with Crippen molar-refractivity contribution in [2.75, 3.05) is 19.5 Å². The van der Waals surface area contributed by atoms with E-state index in [2.05, 4.69) is 32.6 Å². The molecule has 3 aromatic carbocycles. The number of ether oxygens (including phenoxy) is 2. The molecule has 0 saturated carbocycles. The molecule has 0 heterocycles. The summed E-state index contributed by atoms with van der Waals surface area (Å²) in [7, 11) is -1.14. The summed E-state index contributed by atoms with van der Waals surface area (Å²) in [5.41, 5.74) is 1.41. The highest BCUT2D eigenvalue weighted by atomic mass is 127. The maximum absolute atomic E-state index is 13.1. The fourth-order valence-corrected chi connectivity index (χ4v) is 4.61. The molecule has 3 aromatic rings. The first kappa shape index (κ1) is 24.0. The van der Waals surface area contributed by atoms with Crippen LogP contribution in [0.25, 0.3) is 0 Å². The molecule has 0 aliphatic heterocycles. The third-order valence-electron chi connectivity index (χ3n) is 4.67. The van der Waals surface area contributed by atoms with E-state index in [0.29, 0.717) is 11.4 Å². The molecule has 1 unspecified atom stereocenters. The number of halogens is 1. The number of benzene rings is 3. The van der Waals surface area contributed by atoms with Gasteiger partial charge >= 0.3 is 0 Å². The largest absolute Gasteiger partial charge is 0.493 e. The number of carbonyl (C=O) groups excluding carboxylic acids is 1. The standard InChI is InChI=1S/C23H23IN2O5S/c1-30-21-13-12-19(15-22(21)31-2)32(28,29)26-20(14-16-6-4-3-5-7-16)23(27)25-18-10-8-17(24)9-11-18/h3-13,15,20,26H,14H2,1-2H3,(H,25,27). The molecule has 0 aliphatic rings. The zero-order valence-electron chi connectivity index (χ0n) is 17.5. The molecule has 0 spiro atoms. The second-order valence-electron chi connectivity index (χ2n) is 6.88. The van der Waals surface area contributed by atoms with Gasteiger partial charge < -0.3 is 14.8 Å². The number of anilines is 1. The lowest BCUT2D eigenvalue weighted by molar-refractivity contribution is -0.117. The molecule has 0 bridgehead atoms. The van der Waals surface area contributed by atoms with Gasteiger partial charge in [0.25, 0.3) is 0 Å². The van der Waals surface area contributed by atoms with Gasteiger partial charge in [0.15, 0.2) is 11.5 Å². The molecular weight excluding hydrogens is 543 g/mol. The van der Waals surface area contributed by atoms with Crippen LogP contribution >= 0.6 is 22.6 Å². The van der Waals surface area contributed by atoms with E-state index in [0.717, 1.165) is 9.13 Å². The Kier molecular flexibility index (Phi) is 8.10. The van der Waals surface area contributed by atoms with Crippen LogP contribution in [-0.2, 0) is 21.2 Å². The number of rotatable bonds is 9. The first-order valence-electron chi connectivity index (χ1n) is 9.67. The van der Waals surface area contributed by atoms with Gasteiger partial charge in [0.05, 0.1) is 19.1 Å². The highest BCUT2D eigenvalue weighted by Gasteiger charge is 2.27. The van der Waals surface area contributed by atoms with E-state index in [9.17, 15) is 13.2 Å². The van der Waals surface area contributed by atoms with Gasteiger partial charge in [-0.3, -0.25) is 4.79 Å². The summed E-state index contributed by atoms with van der Waals surface area (Å²) in [6.07, 6.45) is 0.184. The third kappa shape index (κ3) is 6.21. The van der Waals surface area contributed by atoms with Crippen molar-refractivity contribution in [3.8, 4) is 11.5 Å².